The highest BCUT2D eigenvalue weighted by Gasteiger charge is 2.16. The van der Waals surface area contributed by atoms with Crippen molar-refractivity contribution < 1.29 is 4.74 Å². The van der Waals surface area contributed by atoms with E-state index in [1.807, 2.05) is 12.4 Å². The molecule has 20 heavy (non-hydrogen) atoms. The van der Waals surface area contributed by atoms with Crippen molar-refractivity contribution in [3.8, 4) is 0 Å². The summed E-state index contributed by atoms with van der Waals surface area (Å²) in [6, 6.07) is 11.2. The smallest absolute Gasteiger partial charge is 0.0725 e. The molecular weight excluding hydrogens is 248 g/mol. The van der Waals surface area contributed by atoms with Gasteiger partial charge in [-0.2, -0.15) is 0 Å². The summed E-state index contributed by atoms with van der Waals surface area (Å²) in [6.45, 7) is 4.61. The Morgan fingerprint density at radius 1 is 1.15 bits per heavy atom. The highest BCUT2D eigenvalue weighted by atomic mass is 16.5. The van der Waals surface area contributed by atoms with Crippen molar-refractivity contribution in [3.05, 3.63) is 65.0 Å². The first-order valence-electron chi connectivity index (χ1n) is 7.18. The number of benzene rings is 1. The standard InChI is InChI=1S/C17H20N2O/c1-2-19-17(9-13-5-7-18-8-6-13)14-3-4-15-11-20-12-16(15)10-14/h3-8,10,17,19H,2,9,11-12H2,1H3. The monoisotopic (exact) mass is 268 g/mol. The van der Waals surface area contributed by atoms with Crippen molar-refractivity contribution in [2.24, 2.45) is 0 Å². The largest absolute Gasteiger partial charge is 0.372 e. The van der Waals surface area contributed by atoms with Gasteiger partial charge in [0.25, 0.3) is 0 Å². The quantitative estimate of drug-likeness (QED) is 0.905. The molecule has 2 aromatic rings. The van der Waals surface area contributed by atoms with Crippen LogP contribution < -0.4 is 5.32 Å². The Kier molecular flexibility index (Phi) is 4.09. The number of hydrogen-bond acceptors (Lipinski definition) is 3. The second kappa shape index (κ2) is 6.16. The fourth-order valence-corrected chi connectivity index (χ4v) is 2.72. The molecule has 1 aromatic carbocycles. The minimum Gasteiger partial charge on any atom is -0.372 e. The Labute approximate surface area is 120 Å². The van der Waals surface area contributed by atoms with Gasteiger partial charge >= 0.3 is 0 Å². The van der Waals surface area contributed by atoms with Crippen LogP contribution in [0.25, 0.3) is 0 Å². The number of nitrogens with one attached hydrogen (secondary N) is 1. The molecule has 0 saturated heterocycles. The Morgan fingerprint density at radius 2 is 1.95 bits per heavy atom. The van der Waals surface area contributed by atoms with Gasteiger partial charge in [-0.15, -0.1) is 0 Å². The number of hydrogen-bond donors (Lipinski definition) is 1. The van der Waals surface area contributed by atoms with E-state index in [0.717, 1.165) is 26.2 Å². The summed E-state index contributed by atoms with van der Waals surface area (Å²) >= 11 is 0. The third kappa shape index (κ3) is 2.89. The minimum absolute atomic E-state index is 0.341. The van der Waals surface area contributed by atoms with Crippen molar-refractivity contribution in [1.29, 1.82) is 0 Å². The number of rotatable bonds is 5. The van der Waals surface area contributed by atoms with Crippen molar-refractivity contribution >= 4 is 0 Å². The van der Waals surface area contributed by atoms with Gasteiger partial charge in [0.05, 0.1) is 13.2 Å². The van der Waals surface area contributed by atoms with Crippen LogP contribution in [0.1, 0.15) is 35.2 Å². The van der Waals surface area contributed by atoms with Crippen LogP contribution in [-0.2, 0) is 24.4 Å². The van der Waals surface area contributed by atoms with Crippen LogP contribution in [0.5, 0.6) is 0 Å². The predicted octanol–water partition coefficient (Wildman–Crippen LogP) is 3.01. The molecule has 2 heterocycles. The second-order valence-electron chi connectivity index (χ2n) is 5.19. The lowest BCUT2D eigenvalue weighted by Gasteiger charge is -2.19. The molecule has 3 heteroatoms. The maximum absolute atomic E-state index is 5.50. The van der Waals surface area contributed by atoms with E-state index in [1.54, 1.807) is 0 Å². The first-order valence-corrected chi connectivity index (χ1v) is 7.18. The average Bonchev–Trinajstić information content (AvgIpc) is 2.95. The van der Waals surface area contributed by atoms with Gasteiger partial charge in [-0.05, 0) is 47.4 Å². The number of nitrogens with zero attached hydrogens (tertiary/aromatic N) is 1. The predicted molar refractivity (Wildman–Crippen MR) is 79.3 cm³/mol. The second-order valence-corrected chi connectivity index (χ2v) is 5.19. The lowest BCUT2D eigenvalue weighted by atomic mass is 9.96. The van der Waals surface area contributed by atoms with Crippen LogP contribution in [0.2, 0.25) is 0 Å². The van der Waals surface area contributed by atoms with Gasteiger partial charge in [0.1, 0.15) is 0 Å². The molecule has 3 nitrogen and oxygen atoms in total. The Morgan fingerprint density at radius 3 is 2.75 bits per heavy atom. The van der Waals surface area contributed by atoms with Crippen LogP contribution in [0, 0.1) is 0 Å². The molecule has 104 valence electrons. The van der Waals surface area contributed by atoms with Crippen molar-refractivity contribution in [3.63, 3.8) is 0 Å². The van der Waals surface area contributed by atoms with Gasteiger partial charge < -0.3 is 10.1 Å². The summed E-state index contributed by atoms with van der Waals surface area (Å²) in [6.07, 6.45) is 4.69. The van der Waals surface area contributed by atoms with Crippen LogP contribution >= 0.6 is 0 Å². The lowest BCUT2D eigenvalue weighted by molar-refractivity contribution is 0.134. The van der Waals surface area contributed by atoms with Crippen LogP contribution in [0.15, 0.2) is 42.7 Å². The molecule has 0 aliphatic carbocycles. The van der Waals surface area contributed by atoms with E-state index in [9.17, 15) is 0 Å². The summed E-state index contributed by atoms with van der Waals surface area (Å²) in [7, 11) is 0. The van der Waals surface area contributed by atoms with Gasteiger partial charge in [0, 0.05) is 18.4 Å². The number of fused-ring (bicyclic) bond motifs is 1. The molecule has 1 atom stereocenters. The zero-order valence-corrected chi connectivity index (χ0v) is 11.8. The van der Waals surface area contributed by atoms with Gasteiger partial charge in [0.2, 0.25) is 0 Å². The molecule has 1 aliphatic rings. The highest BCUT2D eigenvalue weighted by molar-refractivity contribution is 5.35. The van der Waals surface area contributed by atoms with E-state index in [2.05, 4.69) is 47.6 Å². The molecule has 0 fully saturated rings. The first kappa shape index (κ1) is 13.3. The fourth-order valence-electron chi connectivity index (χ4n) is 2.72. The highest BCUT2D eigenvalue weighted by Crippen LogP contribution is 2.25. The summed E-state index contributed by atoms with van der Waals surface area (Å²) in [5.41, 5.74) is 5.31. The van der Waals surface area contributed by atoms with E-state index in [4.69, 9.17) is 4.74 Å². The lowest BCUT2D eigenvalue weighted by Crippen LogP contribution is -2.23. The topological polar surface area (TPSA) is 34.2 Å². The average molecular weight is 268 g/mol. The SMILES string of the molecule is CCNC(Cc1ccncc1)c1ccc2c(c1)COC2. The van der Waals surface area contributed by atoms with E-state index in [-0.39, 0.29) is 0 Å². The van der Waals surface area contributed by atoms with Gasteiger partial charge in [-0.3, -0.25) is 4.98 Å². The molecule has 0 saturated carbocycles. The zero-order chi connectivity index (χ0) is 13.8. The molecule has 1 unspecified atom stereocenters. The summed E-state index contributed by atoms with van der Waals surface area (Å²) in [4.78, 5) is 4.08. The van der Waals surface area contributed by atoms with E-state index < -0.39 is 0 Å². The molecule has 1 N–H and O–H groups in total. The molecule has 3 rings (SSSR count). The Balaban J connectivity index is 1.83. The van der Waals surface area contributed by atoms with Crippen LogP contribution in [-0.4, -0.2) is 11.5 Å². The van der Waals surface area contributed by atoms with E-state index in [0.29, 0.717) is 6.04 Å². The Bertz CT molecular complexity index is 568. The fraction of sp³-hybridized carbons (Fsp3) is 0.353. The molecule has 1 aromatic heterocycles. The Hall–Kier alpha value is -1.71. The number of likely N-dealkylation sites (N-methyl/N-ethyl adjacent to an activating group) is 1. The number of aromatic nitrogens is 1. The van der Waals surface area contributed by atoms with Crippen molar-refractivity contribution in [1.82, 2.24) is 10.3 Å². The molecule has 0 bridgehead atoms. The normalized spacial score (nSPS) is 15.1. The first-order chi connectivity index (χ1) is 9.86. The van der Waals surface area contributed by atoms with E-state index >= 15 is 0 Å². The van der Waals surface area contributed by atoms with Crippen molar-refractivity contribution in [2.45, 2.75) is 32.6 Å². The molecule has 1 aliphatic heterocycles. The van der Waals surface area contributed by atoms with Crippen LogP contribution in [0.3, 0.4) is 0 Å². The van der Waals surface area contributed by atoms with Crippen molar-refractivity contribution in [2.75, 3.05) is 6.54 Å². The molecule has 0 amide bonds. The maximum Gasteiger partial charge on any atom is 0.0725 e. The molecular formula is C17H20N2O. The minimum atomic E-state index is 0.341. The van der Waals surface area contributed by atoms with Gasteiger partial charge in [-0.25, -0.2) is 0 Å². The number of pyridine rings is 1. The number of ether oxygens (including phenoxy) is 1. The van der Waals surface area contributed by atoms with Crippen LogP contribution in [0.4, 0.5) is 0 Å². The van der Waals surface area contributed by atoms with Gasteiger partial charge in [0.15, 0.2) is 0 Å². The zero-order valence-electron chi connectivity index (χ0n) is 11.8. The summed E-state index contributed by atoms with van der Waals surface area (Å²) < 4.78 is 5.50. The van der Waals surface area contributed by atoms with Gasteiger partial charge in [-0.1, -0.05) is 25.1 Å². The molecule has 0 radical (unpaired) electrons. The maximum atomic E-state index is 5.50. The summed E-state index contributed by atoms with van der Waals surface area (Å²) in [5.74, 6) is 0. The molecule has 0 spiro atoms. The third-order valence-electron chi connectivity index (χ3n) is 3.79. The summed E-state index contributed by atoms with van der Waals surface area (Å²) in [5, 5.41) is 3.58. The van der Waals surface area contributed by atoms with E-state index in [1.165, 1.54) is 22.3 Å². The third-order valence-corrected chi connectivity index (χ3v) is 3.79.